The normalized spacial score (nSPS) is 24.5. The Morgan fingerprint density at radius 2 is 1.62 bits per heavy atom. The largest absolute Gasteiger partial charge is 0.474 e. The van der Waals surface area contributed by atoms with E-state index in [1.54, 1.807) is 42.6 Å². The average molecular weight is 499 g/mol. The summed E-state index contributed by atoms with van der Waals surface area (Å²) >= 11 is 0. The summed E-state index contributed by atoms with van der Waals surface area (Å²) in [6.07, 6.45) is 4.60. The third-order valence-corrected chi connectivity index (χ3v) is 7.47. The van der Waals surface area contributed by atoms with E-state index in [-0.39, 0.29) is 47.5 Å². The van der Waals surface area contributed by atoms with Crippen molar-refractivity contribution in [2.24, 2.45) is 11.1 Å². The molecule has 1 aliphatic heterocycles. The van der Waals surface area contributed by atoms with Gasteiger partial charge in [0.05, 0.1) is 0 Å². The summed E-state index contributed by atoms with van der Waals surface area (Å²) in [4.78, 5) is 44.6. The summed E-state index contributed by atoms with van der Waals surface area (Å²) in [7, 11) is 0. The Kier molecular flexibility index (Phi) is 5.55. The molecule has 4 amide bonds. The number of carbonyl (C=O) groups excluding carboxylic acids is 3. The molecule has 0 bridgehead atoms. The van der Waals surface area contributed by atoms with Crippen molar-refractivity contribution in [2.75, 3.05) is 11.4 Å². The maximum atomic E-state index is 13.2. The summed E-state index contributed by atoms with van der Waals surface area (Å²) in [5.74, 6) is 0.883. The van der Waals surface area contributed by atoms with Gasteiger partial charge in [-0.05, 0) is 79.6 Å². The van der Waals surface area contributed by atoms with Crippen molar-refractivity contribution >= 4 is 23.5 Å². The van der Waals surface area contributed by atoms with Crippen molar-refractivity contribution in [1.29, 1.82) is 0 Å². The molecule has 0 atom stereocenters. The van der Waals surface area contributed by atoms with Crippen LogP contribution >= 0.6 is 0 Å². The molecule has 1 saturated heterocycles. The lowest BCUT2D eigenvalue weighted by atomic mass is 9.52. The number of hydrogen-bond donors (Lipinski definition) is 1. The van der Waals surface area contributed by atoms with Gasteiger partial charge in [0.2, 0.25) is 5.88 Å². The van der Waals surface area contributed by atoms with Crippen LogP contribution in [0.3, 0.4) is 0 Å². The molecule has 3 aromatic rings. The van der Waals surface area contributed by atoms with Crippen molar-refractivity contribution in [3.05, 3.63) is 78.5 Å². The first-order valence-electron chi connectivity index (χ1n) is 12.3. The maximum Gasteiger partial charge on any atom is 0.331 e. The summed E-state index contributed by atoms with van der Waals surface area (Å²) < 4.78 is 11.7. The number of benzene rings is 2. The number of imide groups is 1. The third-order valence-electron chi connectivity index (χ3n) is 7.47. The number of rotatable bonds is 7. The summed E-state index contributed by atoms with van der Waals surface area (Å²) in [5, 5.41) is 0. The molecule has 3 aliphatic rings. The van der Waals surface area contributed by atoms with E-state index in [2.05, 4.69) is 4.98 Å². The summed E-state index contributed by atoms with van der Waals surface area (Å²) in [6, 6.07) is 19.5. The van der Waals surface area contributed by atoms with Crippen molar-refractivity contribution in [1.82, 2.24) is 9.88 Å². The van der Waals surface area contributed by atoms with E-state index in [0.717, 1.165) is 31.4 Å². The first-order valence-corrected chi connectivity index (χ1v) is 12.3. The molecule has 1 spiro atoms. The predicted octanol–water partition coefficient (Wildman–Crippen LogP) is 4.13. The SMILES string of the molecule is NC(=O)c1cccnc1OC1CC2(C1)CC(N1C(=O)CN(c3ccc(Oc4ccccc4)cc3)C1=O)C2. The lowest BCUT2D eigenvalue weighted by Crippen LogP contribution is -2.60. The second-order valence-electron chi connectivity index (χ2n) is 9.97. The van der Waals surface area contributed by atoms with E-state index in [0.29, 0.717) is 11.4 Å². The van der Waals surface area contributed by atoms with Crippen molar-refractivity contribution in [3.63, 3.8) is 0 Å². The number of nitrogens with zero attached hydrogens (tertiary/aromatic N) is 3. The number of aromatic nitrogens is 1. The van der Waals surface area contributed by atoms with Gasteiger partial charge in [0, 0.05) is 17.9 Å². The molecule has 2 aliphatic carbocycles. The smallest absolute Gasteiger partial charge is 0.331 e. The van der Waals surface area contributed by atoms with Crippen LogP contribution in [0.4, 0.5) is 10.5 Å². The lowest BCUT2D eigenvalue weighted by molar-refractivity contribution is -0.138. The highest BCUT2D eigenvalue weighted by Crippen LogP contribution is 2.58. The van der Waals surface area contributed by atoms with Crippen LogP contribution in [0.15, 0.2) is 72.9 Å². The van der Waals surface area contributed by atoms with Crippen LogP contribution in [0, 0.1) is 5.41 Å². The van der Waals surface area contributed by atoms with Gasteiger partial charge in [-0.3, -0.25) is 19.4 Å². The van der Waals surface area contributed by atoms with E-state index in [9.17, 15) is 14.4 Å². The van der Waals surface area contributed by atoms with Gasteiger partial charge in [-0.25, -0.2) is 9.78 Å². The number of primary amides is 1. The molecule has 37 heavy (non-hydrogen) atoms. The molecular formula is C28H26N4O5. The van der Waals surface area contributed by atoms with E-state index < -0.39 is 5.91 Å². The zero-order valence-electron chi connectivity index (χ0n) is 20.1. The highest BCUT2D eigenvalue weighted by atomic mass is 16.5. The van der Waals surface area contributed by atoms with Gasteiger partial charge in [-0.2, -0.15) is 0 Å². The zero-order valence-corrected chi connectivity index (χ0v) is 20.1. The summed E-state index contributed by atoms with van der Waals surface area (Å²) in [5.41, 5.74) is 6.39. The van der Waals surface area contributed by atoms with Gasteiger partial charge in [-0.1, -0.05) is 18.2 Å². The molecule has 1 aromatic heterocycles. The molecule has 0 radical (unpaired) electrons. The number of hydrogen-bond acceptors (Lipinski definition) is 6. The van der Waals surface area contributed by atoms with Gasteiger partial charge in [0.25, 0.3) is 11.8 Å². The maximum absolute atomic E-state index is 13.2. The van der Waals surface area contributed by atoms with E-state index in [1.807, 2.05) is 30.3 Å². The lowest BCUT2D eigenvalue weighted by Gasteiger charge is -2.58. The van der Waals surface area contributed by atoms with Crippen molar-refractivity contribution in [2.45, 2.75) is 37.8 Å². The number of para-hydroxylation sites is 1. The predicted molar refractivity (Wildman–Crippen MR) is 134 cm³/mol. The number of anilines is 1. The molecule has 2 N–H and O–H groups in total. The molecule has 2 aromatic carbocycles. The van der Waals surface area contributed by atoms with Crippen LogP contribution in [0.2, 0.25) is 0 Å². The fraction of sp³-hybridized carbons (Fsp3) is 0.286. The van der Waals surface area contributed by atoms with E-state index in [1.165, 1.54) is 9.80 Å². The fourth-order valence-corrected chi connectivity index (χ4v) is 5.67. The fourth-order valence-electron chi connectivity index (χ4n) is 5.67. The molecule has 0 unspecified atom stereocenters. The van der Waals surface area contributed by atoms with Crippen LogP contribution in [0.1, 0.15) is 36.0 Å². The van der Waals surface area contributed by atoms with Crippen molar-refractivity contribution in [3.8, 4) is 17.4 Å². The minimum absolute atomic E-state index is 0.0303. The average Bonchev–Trinajstić information content (AvgIpc) is 3.14. The molecular weight excluding hydrogens is 472 g/mol. The monoisotopic (exact) mass is 498 g/mol. The third kappa shape index (κ3) is 4.26. The number of ether oxygens (including phenoxy) is 2. The molecule has 2 saturated carbocycles. The molecule has 9 heteroatoms. The minimum Gasteiger partial charge on any atom is -0.474 e. The number of carbonyl (C=O) groups is 3. The Bertz CT molecular complexity index is 1350. The van der Waals surface area contributed by atoms with Crippen LogP contribution in [0.5, 0.6) is 17.4 Å². The van der Waals surface area contributed by atoms with Crippen molar-refractivity contribution < 1.29 is 23.9 Å². The number of pyridine rings is 1. The number of nitrogens with two attached hydrogens (primary N) is 1. The summed E-state index contributed by atoms with van der Waals surface area (Å²) in [6.45, 7) is 0.0303. The Hall–Kier alpha value is -4.40. The van der Waals surface area contributed by atoms with E-state index >= 15 is 0 Å². The zero-order chi connectivity index (χ0) is 25.6. The highest BCUT2D eigenvalue weighted by Gasteiger charge is 2.58. The van der Waals surface area contributed by atoms with Gasteiger partial charge in [0.1, 0.15) is 29.7 Å². The first kappa shape index (κ1) is 23.0. The highest BCUT2D eigenvalue weighted by molar-refractivity contribution is 6.12. The van der Waals surface area contributed by atoms with E-state index in [4.69, 9.17) is 15.2 Å². The second kappa shape index (κ2) is 8.92. The molecule has 3 fully saturated rings. The van der Waals surface area contributed by atoms with Crippen LogP contribution < -0.4 is 20.1 Å². The quantitative estimate of drug-likeness (QED) is 0.490. The Morgan fingerprint density at radius 1 is 0.919 bits per heavy atom. The van der Waals surface area contributed by atoms with Crippen LogP contribution in [0.25, 0.3) is 0 Å². The topological polar surface area (TPSA) is 115 Å². The van der Waals surface area contributed by atoms with Gasteiger partial charge < -0.3 is 15.2 Å². The van der Waals surface area contributed by atoms with Crippen LogP contribution in [-0.2, 0) is 4.79 Å². The second-order valence-corrected chi connectivity index (χ2v) is 9.97. The Morgan fingerprint density at radius 3 is 2.32 bits per heavy atom. The van der Waals surface area contributed by atoms with Gasteiger partial charge in [0.15, 0.2) is 0 Å². The minimum atomic E-state index is -0.574. The molecule has 9 nitrogen and oxygen atoms in total. The number of urea groups is 1. The van der Waals surface area contributed by atoms with Gasteiger partial charge in [-0.15, -0.1) is 0 Å². The Balaban J connectivity index is 1.04. The standard InChI is InChI=1S/C28H26N4O5/c29-25(34)23-7-4-12-30-26(23)37-22-15-28(16-22)13-19(14-28)32-24(33)17-31(27(32)35)18-8-10-21(11-9-18)36-20-5-2-1-3-6-20/h1-12,19,22H,13-17H2,(H2,29,34). The van der Waals surface area contributed by atoms with Crippen LogP contribution in [-0.4, -0.2) is 46.4 Å². The number of amides is 4. The Labute approximate surface area is 213 Å². The molecule has 188 valence electrons. The van der Waals surface area contributed by atoms with Gasteiger partial charge >= 0.3 is 6.03 Å². The molecule has 2 heterocycles. The molecule has 6 rings (SSSR count). The first-order chi connectivity index (χ1) is 17.9.